The van der Waals surface area contributed by atoms with Gasteiger partial charge in [0.05, 0.1) is 0 Å². The molecule has 1 saturated carbocycles. The number of hydrogen-bond acceptors (Lipinski definition) is 1. The molecule has 0 aromatic rings. The molecule has 1 spiro atoms. The highest BCUT2D eigenvalue weighted by Gasteiger charge is 2.68. The zero-order valence-electron chi connectivity index (χ0n) is 9.97. The molecule has 2 aliphatic rings. The first-order valence-electron chi connectivity index (χ1n) is 5.69. The van der Waals surface area contributed by atoms with Crippen LogP contribution >= 0.6 is 0 Å². The standard InChI is InChI=1S/C12H22FN/c1-8-9(2)12(8)7-14(6-10(12)13)11(3,4)5/h8-10H,6-7H2,1-5H3. The van der Waals surface area contributed by atoms with Gasteiger partial charge in [0.2, 0.25) is 0 Å². The summed E-state index contributed by atoms with van der Waals surface area (Å²) in [4.78, 5) is 2.30. The van der Waals surface area contributed by atoms with Crippen LogP contribution in [0.5, 0.6) is 0 Å². The molecule has 1 saturated heterocycles. The molecule has 1 heterocycles. The fraction of sp³-hybridized carbons (Fsp3) is 1.00. The van der Waals surface area contributed by atoms with Gasteiger partial charge in [-0.05, 0) is 32.6 Å². The molecular weight excluding hydrogens is 177 g/mol. The van der Waals surface area contributed by atoms with Gasteiger partial charge in [-0.25, -0.2) is 4.39 Å². The van der Waals surface area contributed by atoms with Crippen molar-refractivity contribution >= 4 is 0 Å². The maximum absolute atomic E-state index is 14.0. The van der Waals surface area contributed by atoms with Crippen LogP contribution in [0.25, 0.3) is 0 Å². The van der Waals surface area contributed by atoms with E-state index in [2.05, 4.69) is 39.5 Å². The minimum atomic E-state index is -0.605. The molecule has 82 valence electrons. The molecule has 0 amide bonds. The Morgan fingerprint density at radius 3 is 1.93 bits per heavy atom. The molecule has 1 nitrogen and oxygen atoms in total. The molecule has 1 aliphatic carbocycles. The zero-order chi connectivity index (χ0) is 10.7. The van der Waals surface area contributed by atoms with Gasteiger partial charge in [-0.2, -0.15) is 0 Å². The number of hydrogen-bond donors (Lipinski definition) is 0. The largest absolute Gasteiger partial charge is 0.295 e. The minimum absolute atomic E-state index is 0.00722. The predicted molar refractivity (Wildman–Crippen MR) is 57.0 cm³/mol. The SMILES string of the molecule is CC1C(C)C12CN(C(C)(C)C)CC2F. The third-order valence-corrected chi connectivity index (χ3v) is 4.71. The maximum Gasteiger partial charge on any atom is 0.120 e. The van der Waals surface area contributed by atoms with Crippen LogP contribution in [0.3, 0.4) is 0 Å². The molecule has 0 aromatic carbocycles. The van der Waals surface area contributed by atoms with E-state index >= 15 is 0 Å². The summed E-state index contributed by atoms with van der Waals surface area (Å²) in [5, 5.41) is 0. The summed E-state index contributed by atoms with van der Waals surface area (Å²) in [6.07, 6.45) is -0.605. The van der Waals surface area contributed by atoms with Crippen molar-refractivity contribution < 1.29 is 4.39 Å². The fourth-order valence-corrected chi connectivity index (χ4v) is 3.12. The van der Waals surface area contributed by atoms with E-state index in [-0.39, 0.29) is 11.0 Å². The summed E-state index contributed by atoms with van der Waals surface area (Å²) in [6, 6.07) is 0. The van der Waals surface area contributed by atoms with Crippen molar-refractivity contribution in [2.24, 2.45) is 17.3 Å². The molecule has 14 heavy (non-hydrogen) atoms. The normalized spacial score (nSPS) is 48.9. The van der Waals surface area contributed by atoms with E-state index in [1.807, 2.05) is 0 Å². The molecule has 2 heteroatoms. The lowest BCUT2D eigenvalue weighted by molar-refractivity contribution is 0.159. The summed E-state index contributed by atoms with van der Waals surface area (Å²) >= 11 is 0. The van der Waals surface area contributed by atoms with Crippen molar-refractivity contribution in [1.82, 2.24) is 4.90 Å². The first-order chi connectivity index (χ1) is 6.30. The Balaban J connectivity index is 2.13. The van der Waals surface area contributed by atoms with Crippen LogP contribution in [0.1, 0.15) is 34.6 Å². The van der Waals surface area contributed by atoms with Crippen LogP contribution in [0.15, 0.2) is 0 Å². The molecule has 2 fully saturated rings. The number of likely N-dealkylation sites (tertiary alicyclic amines) is 1. The number of alkyl halides is 1. The number of halogens is 1. The molecule has 0 aromatic heterocycles. The van der Waals surface area contributed by atoms with Crippen molar-refractivity contribution in [3.63, 3.8) is 0 Å². The Hall–Kier alpha value is -0.110. The van der Waals surface area contributed by atoms with E-state index in [1.54, 1.807) is 0 Å². The summed E-state index contributed by atoms with van der Waals surface area (Å²) in [5.41, 5.74) is 0.128. The molecule has 0 bridgehead atoms. The van der Waals surface area contributed by atoms with E-state index in [9.17, 15) is 4.39 Å². The molecule has 3 unspecified atom stereocenters. The maximum atomic E-state index is 14.0. The molecule has 1 aliphatic heterocycles. The summed E-state index contributed by atoms with van der Waals surface area (Å²) in [6.45, 7) is 12.5. The van der Waals surface area contributed by atoms with Gasteiger partial charge in [-0.15, -0.1) is 0 Å². The molecule has 0 N–H and O–H groups in total. The average Bonchev–Trinajstić information content (AvgIpc) is 2.45. The Morgan fingerprint density at radius 1 is 1.21 bits per heavy atom. The lowest BCUT2D eigenvalue weighted by Crippen LogP contribution is -2.40. The Bertz CT molecular complexity index is 235. The van der Waals surface area contributed by atoms with Crippen LogP contribution in [0.2, 0.25) is 0 Å². The molecule has 3 atom stereocenters. The lowest BCUT2D eigenvalue weighted by atomic mass is 9.99. The topological polar surface area (TPSA) is 3.24 Å². The second kappa shape index (κ2) is 2.72. The first-order valence-corrected chi connectivity index (χ1v) is 5.69. The highest BCUT2D eigenvalue weighted by atomic mass is 19.1. The van der Waals surface area contributed by atoms with Crippen LogP contribution < -0.4 is 0 Å². The Labute approximate surface area is 86.7 Å². The molecular formula is C12H22FN. The summed E-state index contributed by atoms with van der Waals surface area (Å²) in [7, 11) is 0. The lowest BCUT2D eigenvalue weighted by Gasteiger charge is -2.31. The van der Waals surface area contributed by atoms with E-state index in [0.717, 1.165) is 6.54 Å². The van der Waals surface area contributed by atoms with E-state index in [0.29, 0.717) is 18.4 Å². The quantitative estimate of drug-likeness (QED) is 0.580. The Morgan fingerprint density at radius 2 is 1.71 bits per heavy atom. The van der Waals surface area contributed by atoms with Gasteiger partial charge >= 0.3 is 0 Å². The van der Waals surface area contributed by atoms with Crippen molar-refractivity contribution in [2.45, 2.75) is 46.3 Å². The average molecular weight is 199 g/mol. The van der Waals surface area contributed by atoms with Crippen LogP contribution in [0.4, 0.5) is 4.39 Å². The molecule has 2 rings (SSSR count). The van der Waals surface area contributed by atoms with Crippen molar-refractivity contribution in [3.05, 3.63) is 0 Å². The van der Waals surface area contributed by atoms with Crippen molar-refractivity contribution in [1.29, 1.82) is 0 Å². The third kappa shape index (κ3) is 1.16. The monoisotopic (exact) mass is 199 g/mol. The van der Waals surface area contributed by atoms with Gasteiger partial charge in [0.25, 0.3) is 0 Å². The smallest absolute Gasteiger partial charge is 0.120 e. The minimum Gasteiger partial charge on any atom is -0.295 e. The van der Waals surface area contributed by atoms with Gasteiger partial charge < -0.3 is 0 Å². The Kier molecular flexibility index (Phi) is 2.02. The second-order valence-electron chi connectivity index (χ2n) is 6.21. The summed E-state index contributed by atoms with van der Waals surface area (Å²) < 4.78 is 14.0. The number of nitrogens with zero attached hydrogens (tertiary/aromatic N) is 1. The summed E-state index contributed by atoms with van der Waals surface area (Å²) in [5.74, 6) is 1.15. The highest BCUT2D eigenvalue weighted by molar-refractivity contribution is 5.17. The van der Waals surface area contributed by atoms with E-state index in [4.69, 9.17) is 0 Å². The zero-order valence-corrected chi connectivity index (χ0v) is 9.97. The second-order valence-corrected chi connectivity index (χ2v) is 6.21. The predicted octanol–water partition coefficient (Wildman–Crippen LogP) is 2.71. The van der Waals surface area contributed by atoms with Gasteiger partial charge in [0.1, 0.15) is 6.17 Å². The van der Waals surface area contributed by atoms with E-state index in [1.165, 1.54) is 0 Å². The number of rotatable bonds is 0. The fourth-order valence-electron chi connectivity index (χ4n) is 3.12. The van der Waals surface area contributed by atoms with Crippen LogP contribution in [-0.2, 0) is 0 Å². The molecule has 0 radical (unpaired) electrons. The highest BCUT2D eigenvalue weighted by Crippen LogP contribution is 2.64. The van der Waals surface area contributed by atoms with E-state index < -0.39 is 6.17 Å². The first kappa shape index (κ1) is 10.4. The van der Waals surface area contributed by atoms with Gasteiger partial charge in [0.15, 0.2) is 0 Å². The van der Waals surface area contributed by atoms with Crippen molar-refractivity contribution in [3.8, 4) is 0 Å². The van der Waals surface area contributed by atoms with Crippen LogP contribution in [-0.4, -0.2) is 29.7 Å². The van der Waals surface area contributed by atoms with Crippen LogP contribution in [0, 0.1) is 17.3 Å². The third-order valence-electron chi connectivity index (χ3n) is 4.71. The van der Waals surface area contributed by atoms with Gasteiger partial charge in [0, 0.05) is 24.0 Å². The van der Waals surface area contributed by atoms with Gasteiger partial charge in [-0.1, -0.05) is 13.8 Å². The van der Waals surface area contributed by atoms with Gasteiger partial charge in [-0.3, -0.25) is 4.90 Å². The van der Waals surface area contributed by atoms with Crippen molar-refractivity contribution in [2.75, 3.05) is 13.1 Å².